The van der Waals surface area contributed by atoms with E-state index in [2.05, 4.69) is 4.98 Å². The number of pyridine rings is 1. The molecule has 5 heteroatoms. The zero-order chi connectivity index (χ0) is 14.5. The number of benzene rings is 1. The van der Waals surface area contributed by atoms with Crippen LogP contribution in [0.2, 0.25) is 0 Å². The number of methoxy groups -OCH3 is 1. The Morgan fingerprint density at radius 1 is 1.30 bits per heavy atom. The average Bonchev–Trinajstić information content (AvgIpc) is 2.47. The van der Waals surface area contributed by atoms with E-state index in [0.29, 0.717) is 22.8 Å². The van der Waals surface area contributed by atoms with Gasteiger partial charge in [-0.2, -0.15) is 0 Å². The molecule has 0 aliphatic heterocycles. The highest BCUT2D eigenvalue weighted by Crippen LogP contribution is 2.16. The third-order valence-electron chi connectivity index (χ3n) is 2.77. The smallest absolute Gasteiger partial charge is 0.340 e. The van der Waals surface area contributed by atoms with Crippen LogP contribution >= 0.6 is 0 Å². The molecule has 0 aliphatic rings. The normalized spacial score (nSPS) is 10.1. The molecule has 20 heavy (non-hydrogen) atoms. The Morgan fingerprint density at radius 3 is 2.85 bits per heavy atom. The van der Waals surface area contributed by atoms with E-state index < -0.39 is 5.97 Å². The van der Waals surface area contributed by atoms with E-state index in [4.69, 9.17) is 15.2 Å². The summed E-state index contributed by atoms with van der Waals surface area (Å²) >= 11 is 0. The molecule has 0 saturated heterocycles. The molecule has 0 spiro atoms. The van der Waals surface area contributed by atoms with Gasteiger partial charge in [0.15, 0.2) is 0 Å². The third kappa shape index (κ3) is 3.26. The predicted octanol–water partition coefficient (Wildman–Crippen LogP) is 2.34. The zero-order valence-corrected chi connectivity index (χ0v) is 11.4. The highest BCUT2D eigenvalue weighted by Gasteiger charge is 2.12. The molecule has 0 amide bonds. The van der Waals surface area contributed by atoms with Crippen molar-refractivity contribution in [3.63, 3.8) is 0 Å². The molecule has 1 aromatic heterocycles. The first-order valence-electron chi connectivity index (χ1n) is 6.13. The standard InChI is InChI=1S/C15H16N2O3/c1-10-6-7-13(16)12(8-10)15(18)20-9-11-4-3-5-14(17-11)19-2/h3-8H,9,16H2,1-2H3. The van der Waals surface area contributed by atoms with Crippen LogP contribution in [0.1, 0.15) is 21.6 Å². The largest absolute Gasteiger partial charge is 0.481 e. The van der Waals surface area contributed by atoms with E-state index in [1.54, 1.807) is 30.3 Å². The fraction of sp³-hybridized carbons (Fsp3) is 0.200. The van der Waals surface area contributed by atoms with Crippen LogP contribution in [0.15, 0.2) is 36.4 Å². The lowest BCUT2D eigenvalue weighted by Crippen LogP contribution is -2.09. The van der Waals surface area contributed by atoms with E-state index in [-0.39, 0.29) is 6.61 Å². The highest BCUT2D eigenvalue weighted by atomic mass is 16.5. The van der Waals surface area contributed by atoms with Gasteiger partial charge in [-0.25, -0.2) is 9.78 Å². The number of rotatable bonds is 4. The van der Waals surface area contributed by atoms with Crippen LogP contribution in [0.25, 0.3) is 0 Å². The van der Waals surface area contributed by atoms with Gasteiger partial charge in [0.25, 0.3) is 0 Å². The molecule has 2 aromatic rings. The first-order valence-corrected chi connectivity index (χ1v) is 6.13. The van der Waals surface area contributed by atoms with Crippen molar-refractivity contribution < 1.29 is 14.3 Å². The molecular formula is C15H16N2O3. The number of esters is 1. The summed E-state index contributed by atoms with van der Waals surface area (Å²) in [5.74, 6) is 0.0180. The van der Waals surface area contributed by atoms with E-state index in [0.717, 1.165) is 5.56 Å². The molecule has 0 aliphatic carbocycles. The Hall–Kier alpha value is -2.56. The van der Waals surface area contributed by atoms with E-state index in [9.17, 15) is 4.79 Å². The van der Waals surface area contributed by atoms with Gasteiger partial charge in [0.1, 0.15) is 6.61 Å². The Bertz CT molecular complexity index is 626. The average molecular weight is 272 g/mol. The molecule has 0 bridgehead atoms. The van der Waals surface area contributed by atoms with E-state index in [1.165, 1.54) is 7.11 Å². The van der Waals surface area contributed by atoms with Crippen LogP contribution in [0, 0.1) is 6.92 Å². The second kappa shape index (κ2) is 6.06. The predicted molar refractivity (Wildman–Crippen MR) is 75.5 cm³/mol. The van der Waals surface area contributed by atoms with Gasteiger partial charge in [0.05, 0.1) is 18.4 Å². The van der Waals surface area contributed by atoms with Gasteiger partial charge in [0.2, 0.25) is 5.88 Å². The summed E-state index contributed by atoms with van der Waals surface area (Å²) in [6.07, 6.45) is 0. The summed E-state index contributed by atoms with van der Waals surface area (Å²) < 4.78 is 10.2. The molecule has 2 rings (SSSR count). The molecule has 2 N–H and O–H groups in total. The zero-order valence-electron chi connectivity index (χ0n) is 11.4. The Labute approximate surface area is 117 Å². The lowest BCUT2D eigenvalue weighted by atomic mass is 10.1. The van der Waals surface area contributed by atoms with Crippen molar-refractivity contribution >= 4 is 11.7 Å². The number of nitrogen functional groups attached to an aromatic ring is 1. The monoisotopic (exact) mass is 272 g/mol. The van der Waals surface area contributed by atoms with Crippen molar-refractivity contribution in [1.29, 1.82) is 0 Å². The minimum atomic E-state index is -0.462. The van der Waals surface area contributed by atoms with Crippen LogP contribution in [0.4, 0.5) is 5.69 Å². The molecule has 1 aromatic carbocycles. The van der Waals surface area contributed by atoms with Crippen molar-refractivity contribution in [3.8, 4) is 5.88 Å². The molecule has 0 atom stereocenters. The maximum absolute atomic E-state index is 12.0. The summed E-state index contributed by atoms with van der Waals surface area (Å²) in [7, 11) is 1.53. The molecular weight excluding hydrogens is 256 g/mol. The Morgan fingerprint density at radius 2 is 2.10 bits per heavy atom. The lowest BCUT2D eigenvalue weighted by molar-refractivity contribution is 0.0468. The van der Waals surface area contributed by atoms with Crippen molar-refractivity contribution in [3.05, 3.63) is 53.2 Å². The number of nitrogens with zero attached hydrogens (tertiary/aromatic N) is 1. The third-order valence-corrected chi connectivity index (χ3v) is 2.77. The first kappa shape index (κ1) is 13.9. The molecule has 0 unspecified atom stereocenters. The van der Waals surface area contributed by atoms with Crippen molar-refractivity contribution in [1.82, 2.24) is 4.98 Å². The van der Waals surface area contributed by atoms with E-state index in [1.807, 2.05) is 13.0 Å². The topological polar surface area (TPSA) is 74.4 Å². The number of carbonyl (C=O) groups excluding carboxylic acids is 1. The maximum atomic E-state index is 12.0. The maximum Gasteiger partial charge on any atom is 0.340 e. The summed E-state index contributed by atoms with van der Waals surface area (Å²) in [6.45, 7) is 1.96. The summed E-state index contributed by atoms with van der Waals surface area (Å²) in [5, 5.41) is 0. The van der Waals surface area contributed by atoms with Gasteiger partial charge in [-0.15, -0.1) is 0 Å². The number of anilines is 1. The molecule has 5 nitrogen and oxygen atoms in total. The van der Waals surface area contributed by atoms with Crippen molar-refractivity contribution in [2.45, 2.75) is 13.5 Å². The Balaban J connectivity index is 2.06. The van der Waals surface area contributed by atoms with Crippen LogP contribution in [-0.4, -0.2) is 18.1 Å². The minimum Gasteiger partial charge on any atom is -0.481 e. The van der Waals surface area contributed by atoms with Crippen molar-refractivity contribution in [2.75, 3.05) is 12.8 Å². The number of hydrogen-bond donors (Lipinski definition) is 1. The van der Waals surface area contributed by atoms with Crippen LogP contribution in [0.3, 0.4) is 0 Å². The van der Waals surface area contributed by atoms with Crippen molar-refractivity contribution in [2.24, 2.45) is 0 Å². The van der Waals surface area contributed by atoms with Gasteiger partial charge in [-0.05, 0) is 25.1 Å². The van der Waals surface area contributed by atoms with Crippen LogP contribution in [0.5, 0.6) is 5.88 Å². The van der Waals surface area contributed by atoms with Gasteiger partial charge in [-0.3, -0.25) is 0 Å². The van der Waals surface area contributed by atoms with Crippen LogP contribution < -0.4 is 10.5 Å². The van der Waals surface area contributed by atoms with E-state index >= 15 is 0 Å². The minimum absolute atomic E-state index is 0.0728. The lowest BCUT2D eigenvalue weighted by Gasteiger charge is -2.08. The van der Waals surface area contributed by atoms with Gasteiger partial charge in [0, 0.05) is 11.8 Å². The first-order chi connectivity index (χ1) is 9.60. The molecule has 0 saturated carbocycles. The quantitative estimate of drug-likeness (QED) is 0.683. The molecule has 104 valence electrons. The summed E-state index contributed by atoms with van der Waals surface area (Å²) in [6, 6.07) is 10.5. The molecule has 1 heterocycles. The molecule has 0 radical (unpaired) electrons. The number of aromatic nitrogens is 1. The number of aryl methyl sites for hydroxylation is 1. The van der Waals surface area contributed by atoms with Gasteiger partial charge < -0.3 is 15.2 Å². The second-order valence-electron chi connectivity index (χ2n) is 4.34. The molecule has 0 fully saturated rings. The Kier molecular flexibility index (Phi) is 4.20. The van der Waals surface area contributed by atoms with Crippen LogP contribution in [-0.2, 0) is 11.3 Å². The summed E-state index contributed by atoms with van der Waals surface area (Å²) in [5.41, 5.74) is 8.10. The summed E-state index contributed by atoms with van der Waals surface area (Å²) in [4.78, 5) is 16.2. The van der Waals surface area contributed by atoms with Gasteiger partial charge in [-0.1, -0.05) is 17.7 Å². The highest BCUT2D eigenvalue weighted by molar-refractivity contribution is 5.95. The van der Waals surface area contributed by atoms with Gasteiger partial charge >= 0.3 is 5.97 Å². The fourth-order valence-electron chi connectivity index (χ4n) is 1.72. The number of hydrogen-bond acceptors (Lipinski definition) is 5. The number of ether oxygens (including phenoxy) is 2. The second-order valence-corrected chi connectivity index (χ2v) is 4.34. The number of nitrogens with two attached hydrogens (primary N) is 1. The SMILES string of the molecule is COc1cccc(COC(=O)c2cc(C)ccc2N)n1. The number of carbonyl (C=O) groups is 1. The fourth-order valence-corrected chi connectivity index (χ4v) is 1.72.